The van der Waals surface area contributed by atoms with E-state index in [-0.39, 0.29) is 6.61 Å². The second kappa shape index (κ2) is 5.89. The molecule has 0 unspecified atom stereocenters. The first-order chi connectivity index (χ1) is 8.66. The summed E-state index contributed by atoms with van der Waals surface area (Å²) in [6, 6.07) is 6.20. The Morgan fingerprint density at radius 2 is 2.06 bits per heavy atom. The largest absolute Gasteiger partial charge is 0.482 e. The molecule has 0 bridgehead atoms. The van der Waals surface area contributed by atoms with Gasteiger partial charge in [0.05, 0.1) is 0 Å². The van der Waals surface area contributed by atoms with Gasteiger partial charge in [0, 0.05) is 0 Å². The van der Waals surface area contributed by atoms with Gasteiger partial charge in [0.25, 0.3) is 0 Å². The Bertz CT molecular complexity index is 420. The Morgan fingerprint density at radius 3 is 2.72 bits per heavy atom. The molecular formula is C15H20O3. The lowest BCUT2D eigenvalue weighted by Crippen LogP contribution is -2.11. The number of carbonyl (C=O) groups is 1. The van der Waals surface area contributed by atoms with Crippen LogP contribution in [-0.4, -0.2) is 17.7 Å². The fourth-order valence-corrected chi connectivity index (χ4v) is 2.60. The van der Waals surface area contributed by atoms with Gasteiger partial charge in [-0.15, -0.1) is 0 Å². The number of carboxylic acids is 1. The molecule has 0 aromatic heterocycles. The van der Waals surface area contributed by atoms with E-state index in [4.69, 9.17) is 9.84 Å². The number of benzene rings is 1. The van der Waals surface area contributed by atoms with E-state index in [1.54, 1.807) is 0 Å². The molecule has 3 heteroatoms. The van der Waals surface area contributed by atoms with Crippen LogP contribution in [0, 0.1) is 6.92 Å². The van der Waals surface area contributed by atoms with Crippen LogP contribution >= 0.6 is 0 Å². The van der Waals surface area contributed by atoms with Crippen LogP contribution in [0.25, 0.3) is 0 Å². The molecule has 1 aliphatic carbocycles. The highest BCUT2D eigenvalue weighted by Gasteiger charge is 2.16. The van der Waals surface area contributed by atoms with E-state index >= 15 is 0 Å². The first kappa shape index (κ1) is 12.9. The predicted octanol–water partition coefficient (Wildman–Crippen LogP) is 3.51. The highest BCUT2D eigenvalue weighted by atomic mass is 16.5. The van der Waals surface area contributed by atoms with Crippen LogP contribution in [-0.2, 0) is 4.79 Å². The third-order valence-electron chi connectivity index (χ3n) is 3.64. The summed E-state index contributed by atoms with van der Waals surface area (Å²) in [5.74, 6) is 0.393. The van der Waals surface area contributed by atoms with Gasteiger partial charge in [-0.25, -0.2) is 4.79 Å². The fourth-order valence-electron chi connectivity index (χ4n) is 2.60. The number of aliphatic carboxylic acids is 1. The second-order valence-electron chi connectivity index (χ2n) is 5.04. The summed E-state index contributed by atoms with van der Waals surface area (Å²) < 4.78 is 5.33. The van der Waals surface area contributed by atoms with Gasteiger partial charge in [-0.1, -0.05) is 31.4 Å². The lowest BCUT2D eigenvalue weighted by atomic mass is 9.84. The van der Waals surface area contributed by atoms with E-state index < -0.39 is 5.97 Å². The first-order valence-electron chi connectivity index (χ1n) is 6.62. The zero-order chi connectivity index (χ0) is 13.0. The van der Waals surface area contributed by atoms with Crippen LogP contribution in [0.3, 0.4) is 0 Å². The molecule has 0 amide bonds. The number of hydrogen-bond acceptors (Lipinski definition) is 2. The van der Waals surface area contributed by atoms with Crippen LogP contribution in [0.15, 0.2) is 18.2 Å². The molecule has 1 aromatic rings. The van der Waals surface area contributed by atoms with Gasteiger partial charge in [-0.2, -0.15) is 0 Å². The van der Waals surface area contributed by atoms with Crippen molar-refractivity contribution >= 4 is 5.97 Å². The van der Waals surface area contributed by atoms with E-state index in [9.17, 15) is 4.79 Å². The lowest BCUT2D eigenvalue weighted by molar-refractivity contribution is -0.139. The maximum absolute atomic E-state index is 10.5. The number of carboxylic acid groups (broad SMARTS) is 1. The normalized spacial score (nSPS) is 16.5. The molecule has 98 valence electrons. The average Bonchev–Trinajstić information content (AvgIpc) is 2.38. The number of hydrogen-bond donors (Lipinski definition) is 1. The third-order valence-corrected chi connectivity index (χ3v) is 3.64. The zero-order valence-corrected chi connectivity index (χ0v) is 10.8. The molecule has 0 radical (unpaired) electrons. The predicted molar refractivity (Wildman–Crippen MR) is 70.1 cm³/mol. The zero-order valence-electron chi connectivity index (χ0n) is 10.8. The van der Waals surface area contributed by atoms with E-state index in [1.807, 2.05) is 19.1 Å². The second-order valence-corrected chi connectivity index (χ2v) is 5.04. The molecule has 0 saturated heterocycles. The van der Waals surface area contributed by atoms with Gasteiger partial charge in [0.15, 0.2) is 6.61 Å². The molecule has 0 spiro atoms. The average molecular weight is 248 g/mol. The number of ether oxygens (including phenoxy) is 1. The molecule has 3 nitrogen and oxygen atoms in total. The lowest BCUT2D eigenvalue weighted by Gasteiger charge is -2.22. The molecule has 1 fully saturated rings. The molecular weight excluding hydrogens is 228 g/mol. The summed E-state index contributed by atoms with van der Waals surface area (Å²) in [6.45, 7) is 1.68. The van der Waals surface area contributed by atoms with Crippen LogP contribution in [0.1, 0.15) is 49.1 Å². The van der Waals surface area contributed by atoms with Crippen molar-refractivity contribution in [3.63, 3.8) is 0 Å². The van der Waals surface area contributed by atoms with Gasteiger partial charge >= 0.3 is 5.97 Å². The standard InChI is InChI=1S/C15H20O3/c1-11-7-8-13(12-5-3-2-4-6-12)9-14(11)18-10-15(16)17/h7-9,12H,2-6,10H2,1H3,(H,16,17). The maximum Gasteiger partial charge on any atom is 0.341 e. The Kier molecular flexibility index (Phi) is 4.24. The Balaban J connectivity index is 2.11. The van der Waals surface area contributed by atoms with Gasteiger partial charge in [0.1, 0.15) is 5.75 Å². The minimum absolute atomic E-state index is 0.269. The van der Waals surface area contributed by atoms with Crippen molar-refractivity contribution in [2.75, 3.05) is 6.61 Å². The van der Waals surface area contributed by atoms with Crippen molar-refractivity contribution in [2.24, 2.45) is 0 Å². The molecule has 0 aliphatic heterocycles. The molecule has 0 atom stereocenters. The van der Waals surface area contributed by atoms with E-state index in [2.05, 4.69) is 6.07 Å². The fraction of sp³-hybridized carbons (Fsp3) is 0.533. The van der Waals surface area contributed by atoms with Gasteiger partial charge < -0.3 is 9.84 Å². The van der Waals surface area contributed by atoms with Crippen LogP contribution in [0.2, 0.25) is 0 Å². The van der Waals surface area contributed by atoms with Gasteiger partial charge in [-0.05, 0) is 42.9 Å². The minimum Gasteiger partial charge on any atom is -0.482 e. The summed E-state index contributed by atoms with van der Waals surface area (Å²) in [7, 11) is 0. The third kappa shape index (κ3) is 3.25. The Morgan fingerprint density at radius 1 is 1.33 bits per heavy atom. The summed E-state index contributed by atoms with van der Waals surface area (Å²) in [5.41, 5.74) is 2.29. The molecule has 1 saturated carbocycles. The van der Waals surface area contributed by atoms with Crippen molar-refractivity contribution in [3.05, 3.63) is 29.3 Å². The quantitative estimate of drug-likeness (QED) is 0.887. The highest BCUT2D eigenvalue weighted by molar-refractivity contribution is 5.68. The topological polar surface area (TPSA) is 46.5 Å². The molecule has 2 rings (SSSR count). The molecule has 1 N–H and O–H groups in total. The number of rotatable bonds is 4. The van der Waals surface area contributed by atoms with Gasteiger partial charge in [-0.3, -0.25) is 0 Å². The minimum atomic E-state index is -0.933. The van der Waals surface area contributed by atoms with E-state index in [1.165, 1.54) is 37.7 Å². The summed E-state index contributed by atoms with van der Waals surface area (Å²) in [5, 5.41) is 8.66. The highest BCUT2D eigenvalue weighted by Crippen LogP contribution is 2.34. The maximum atomic E-state index is 10.5. The summed E-state index contributed by atoms with van der Waals surface area (Å²) in [6.07, 6.45) is 6.40. The summed E-state index contributed by atoms with van der Waals surface area (Å²) >= 11 is 0. The SMILES string of the molecule is Cc1ccc(C2CCCCC2)cc1OCC(=O)O. The van der Waals surface area contributed by atoms with Crippen molar-refractivity contribution in [1.29, 1.82) is 0 Å². The Labute approximate surface area is 108 Å². The van der Waals surface area contributed by atoms with E-state index in [0.29, 0.717) is 11.7 Å². The molecule has 1 aromatic carbocycles. The molecule has 18 heavy (non-hydrogen) atoms. The van der Waals surface area contributed by atoms with Gasteiger partial charge in [0.2, 0.25) is 0 Å². The monoisotopic (exact) mass is 248 g/mol. The van der Waals surface area contributed by atoms with Crippen molar-refractivity contribution < 1.29 is 14.6 Å². The number of aryl methyl sites for hydroxylation is 1. The Hall–Kier alpha value is -1.51. The van der Waals surface area contributed by atoms with Crippen molar-refractivity contribution in [3.8, 4) is 5.75 Å². The van der Waals surface area contributed by atoms with Crippen molar-refractivity contribution in [2.45, 2.75) is 44.9 Å². The summed E-state index contributed by atoms with van der Waals surface area (Å²) in [4.78, 5) is 10.5. The van der Waals surface area contributed by atoms with E-state index in [0.717, 1.165) is 5.56 Å². The first-order valence-corrected chi connectivity index (χ1v) is 6.62. The van der Waals surface area contributed by atoms with Crippen molar-refractivity contribution in [1.82, 2.24) is 0 Å². The van der Waals surface area contributed by atoms with Crippen LogP contribution in [0.5, 0.6) is 5.75 Å². The molecule has 1 aliphatic rings. The smallest absolute Gasteiger partial charge is 0.341 e. The molecule has 0 heterocycles. The van der Waals surface area contributed by atoms with Crippen LogP contribution in [0.4, 0.5) is 0 Å². The van der Waals surface area contributed by atoms with Crippen LogP contribution < -0.4 is 4.74 Å².